The zero-order chi connectivity index (χ0) is 15.2. The van der Waals surface area contributed by atoms with Gasteiger partial charge < -0.3 is 14.7 Å². The van der Waals surface area contributed by atoms with Crippen LogP contribution in [0.5, 0.6) is 0 Å². The third-order valence-corrected chi connectivity index (χ3v) is 4.57. The first-order chi connectivity index (χ1) is 9.88. The number of rotatable bonds is 2. The summed E-state index contributed by atoms with van der Waals surface area (Å²) in [7, 11) is 0. The molecule has 1 saturated heterocycles. The fourth-order valence-electron chi connectivity index (χ4n) is 2.79. The lowest BCUT2D eigenvalue weighted by Gasteiger charge is -2.43. The number of thiophene rings is 1. The molecule has 1 aliphatic rings. The summed E-state index contributed by atoms with van der Waals surface area (Å²) in [5, 5.41) is 10.7. The van der Waals surface area contributed by atoms with Gasteiger partial charge in [-0.15, -0.1) is 11.3 Å². The van der Waals surface area contributed by atoms with Gasteiger partial charge in [0.05, 0.1) is 23.7 Å². The molecule has 1 unspecified atom stereocenters. The second-order valence-electron chi connectivity index (χ2n) is 5.95. The Kier molecular flexibility index (Phi) is 3.81. The Hall–Kier alpha value is -0.950. The molecule has 1 N–H and O–H groups in total. The summed E-state index contributed by atoms with van der Waals surface area (Å²) in [6, 6.07) is 2.09. The van der Waals surface area contributed by atoms with Crippen molar-refractivity contribution in [2.45, 2.75) is 32.5 Å². The van der Waals surface area contributed by atoms with Gasteiger partial charge in [0.25, 0.3) is 0 Å². The van der Waals surface area contributed by atoms with E-state index in [4.69, 9.17) is 16.3 Å². The van der Waals surface area contributed by atoms with E-state index in [1.807, 2.05) is 20.8 Å². The van der Waals surface area contributed by atoms with E-state index in [1.54, 1.807) is 11.3 Å². The summed E-state index contributed by atoms with van der Waals surface area (Å²) in [6.07, 6.45) is -0.225. The second-order valence-corrected chi connectivity index (χ2v) is 7.53. The maximum atomic E-state index is 9.45. The van der Waals surface area contributed by atoms with Gasteiger partial charge in [0.15, 0.2) is 0 Å². The van der Waals surface area contributed by atoms with Crippen LogP contribution in [0.3, 0.4) is 0 Å². The molecule has 1 atom stereocenters. The van der Waals surface area contributed by atoms with Crippen LogP contribution >= 0.6 is 22.9 Å². The average molecular weight is 328 g/mol. The van der Waals surface area contributed by atoms with Crippen LogP contribution in [0.15, 0.2) is 6.07 Å². The van der Waals surface area contributed by atoms with Crippen molar-refractivity contribution in [2.24, 2.45) is 0 Å². The van der Waals surface area contributed by atoms with Crippen molar-refractivity contribution in [3.63, 3.8) is 0 Å². The van der Waals surface area contributed by atoms with Gasteiger partial charge in [-0.05, 0) is 38.4 Å². The van der Waals surface area contributed by atoms with Crippen molar-refractivity contribution in [1.29, 1.82) is 0 Å². The van der Waals surface area contributed by atoms with E-state index in [2.05, 4.69) is 20.9 Å². The third kappa shape index (κ3) is 2.99. The second kappa shape index (κ2) is 5.35. The predicted molar refractivity (Wildman–Crippen MR) is 85.4 cm³/mol. The highest BCUT2D eigenvalue weighted by Gasteiger charge is 2.34. The number of morpholine rings is 1. The number of hydrogen-bond acceptors (Lipinski definition) is 6. The molecule has 0 aromatic carbocycles. The molecule has 0 saturated carbocycles. The SMILES string of the molecule is Cc1cc2c(N3CC(CO)OC(C)(C)C3)nc(Cl)nc2s1. The minimum atomic E-state index is -0.347. The average Bonchev–Trinajstić information content (AvgIpc) is 2.75. The molecule has 7 heteroatoms. The van der Waals surface area contributed by atoms with Crippen molar-refractivity contribution in [3.05, 3.63) is 16.2 Å². The van der Waals surface area contributed by atoms with Gasteiger partial charge in [-0.3, -0.25) is 0 Å². The lowest BCUT2D eigenvalue weighted by Crippen LogP contribution is -2.54. The fraction of sp³-hybridized carbons (Fsp3) is 0.571. The van der Waals surface area contributed by atoms with Crippen molar-refractivity contribution >= 4 is 39.0 Å². The van der Waals surface area contributed by atoms with Gasteiger partial charge in [0.1, 0.15) is 10.6 Å². The van der Waals surface area contributed by atoms with Gasteiger partial charge in [-0.2, -0.15) is 4.98 Å². The first-order valence-electron chi connectivity index (χ1n) is 6.85. The van der Waals surface area contributed by atoms with Crippen molar-refractivity contribution in [1.82, 2.24) is 9.97 Å². The summed E-state index contributed by atoms with van der Waals surface area (Å²) >= 11 is 7.68. The standard InChI is InChI=1S/C14H18ClN3O2S/c1-8-4-10-11(16-13(15)17-12(10)21-8)18-5-9(6-19)20-14(2,3)7-18/h4,9,19H,5-7H2,1-3H3. The van der Waals surface area contributed by atoms with Crippen molar-refractivity contribution < 1.29 is 9.84 Å². The van der Waals surface area contributed by atoms with Gasteiger partial charge >= 0.3 is 0 Å². The number of fused-ring (bicyclic) bond motifs is 1. The first-order valence-corrected chi connectivity index (χ1v) is 8.05. The minimum Gasteiger partial charge on any atom is -0.394 e. The molecule has 3 heterocycles. The zero-order valence-corrected chi connectivity index (χ0v) is 13.8. The van der Waals surface area contributed by atoms with E-state index in [-0.39, 0.29) is 23.6 Å². The predicted octanol–water partition coefficient (Wildman–Crippen LogP) is 2.63. The van der Waals surface area contributed by atoms with E-state index in [0.717, 1.165) is 16.0 Å². The van der Waals surface area contributed by atoms with Crippen LogP contribution in [0.2, 0.25) is 5.28 Å². The maximum Gasteiger partial charge on any atom is 0.225 e. The number of ether oxygens (including phenoxy) is 1. The zero-order valence-electron chi connectivity index (χ0n) is 12.3. The Morgan fingerprint density at radius 1 is 1.52 bits per heavy atom. The molecule has 1 aliphatic heterocycles. The molecule has 0 spiro atoms. The molecule has 0 aliphatic carbocycles. The van der Waals surface area contributed by atoms with Crippen LogP contribution in [0.25, 0.3) is 10.2 Å². The van der Waals surface area contributed by atoms with Crippen molar-refractivity contribution in [3.8, 4) is 0 Å². The molecule has 0 radical (unpaired) electrons. The molecule has 3 rings (SSSR count). The van der Waals surface area contributed by atoms with Crippen LogP contribution in [0, 0.1) is 6.92 Å². The smallest absolute Gasteiger partial charge is 0.225 e. The number of hydrogen-bond donors (Lipinski definition) is 1. The van der Waals surface area contributed by atoms with Crippen LogP contribution in [0.1, 0.15) is 18.7 Å². The fourth-order valence-corrected chi connectivity index (χ4v) is 3.88. The van der Waals surface area contributed by atoms with E-state index in [0.29, 0.717) is 13.1 Å². The number of aliphatic hydroxyl groups is 1. The molecule has 2 aromatic heterocycles. The quantitative estimate of drug-likeness (QED) is 0.859. The molecule has 0 amide bonds. The Labute approximate surface area is 132 Å². The van der Waals surface area contributed by atoms with Crippen LogP contribution in [0.4, 0.5) is 5.82 Å². The van der Waals surface area contributed by atoms with E-state index >= 15 is 0 Å². The summed E-state index contributed by atoms with van der Waals surface area (Å²) < 4.78 is 5.86. The molecular weight excluding hydrogens is 310 g/mol. The number of nitrogens with zero attached hydrogens (tertiary/aromatic N) is 3. The Balaban J connectivity index is 2.06. The van der Waals surface area contributed by atoms with E-state index < -0.39 is 0 Å². The molecule has 0 bridgehead atoms. The van der Waals surface area contributed by atoms with Gasteiger partial charge in [-0.25, -0.2) is 4.98 Å². The monoisotopic (exact) mass is 327 g/mol. The Morgan fingerprint density at radius 3 is 3.00 bits per heavy atom. The first kappa shape index (κ1) is 15.0. The normalized spacial score (nSPS) is 22.0. The molecule has 21 heavy (non-hydrogen) atoms. The lowest BCUT2D eigenvalue weighted by molar-refractivity contribution is -0.101. The molecular formula is C14H18ClN3O2S. The Bertz CT molecular complexity index is 674. The molecule has 114 valence electrons. The van der Waals surface area contributed by atoms with E-state index in [1.165, 1.54) is 4.88 Å². The summed E-state index contributed by atoms with van der Waals surface area (Å²) in [5.41, 5.74) is -0.347. The van der Waals surface area contributed by atoms with E-state index in [9.17, 15) is 5.11 Å². The number of halogens is 1. The molecule has 1 fully saturated rings. The highest BCUT2D eigenvalue weighted by atomic mass is 35.5. The van der Waals surface area contributed by atoms with Crippen molar-refractivity contribution in [2.75, 3.05) is 24.6 Å². The number of anilines is 1. The van der Waals surface area contributed by atoms with Crippen LogP contribution in [-0.4, -0.2) is 46.5 Å². The van der Waals surface area contributed by atoms with Gasteiger partial charge in [0, 0.05) is 18.0 Å². The largest absolute Gasteiger partial charge is 0.394 e. The van der Waals surface area contributed by atoms with Gasteiger partial charge in [0.2, 0.25) is 5.28 Å². The number of aliphatic hydroxyl groups excluding tert-OH is 1. The van der Waals surface area contributed by atoms with Crippen LogP contribution in [-0.2, 0) is 4.74 Å². The van der Waals surface area contributed by atoms with Crippen LogP contribution < -0.4 is 4.90 Å². The summed E-state index contributed by atoms with van der Waals surface area (Å²) in [5.74, 6) is 0.823. The van der Waals surface area contributed by atoms with Gasteiger partial charge in [-0.1, -0.05) is 0 Å². The number of aryl methyl sites for hydroxylation is 1. The highest BCUT2D eigenvalue weighted by molar-refractivity contribution is 7.18. The maximum absolute atomic E-state index is 9.45. The Morgan fingerprint density at radius 2 is 2.29 bits per heavy atom. The number of aromatic nitrogens is 2. The molecule has 5 nitrogen and oxygen atoms in total. The third-order valence-electron chi connectivity index (χ3n) is 3.45. The lowest BCUT2D eigenvalue weighted by atomic mass is 10.1. The molecule has 2 aromatic rings. The minimum absolute atomic E-state index is 0.00937. The topological polar surface area (TPSA) is 58.5 Å². The summed E-state index contributed by atoms with van der Waals surface area (Å²) in [4.78, 5) is 12.9. The highest BCUT2D eigenvalue weighted by Crippen LogP contribution is 2.34. The summed E-state index contributed by atoms with van der Waals surface area (Å²) in [6.45, 7) is 7.35.